The predicted octanol–water partition coefficient (Wildman–Crippen LogP) is 3.43. The van der Waals surface area contributed by atoms with Gasteiger partial charge in [0.1, 0.15) is 11.4 Å². The van der Waals surface area contributed by atoms with Crippen molar-refractivity contribution >= 4 is 17.3 Å². The molecule has 7 heteroatoms. The first-order chi connectivity index (χ1) is 11.9. The second-order valence-electron chi connectivity index (χ2n) is 6.25. The molecule has 2 aromatic rings. The number of benzene rings is 2. The van der Waals surface area contributed by atoms with Crippen LogP contribution >= 0.6 is 0 Å². The number of nitrogens with zero attached hydrogens (tertiary/aromatic N) is 1. The van der Waals surface area contributed by atoms with Crippen LogP contribution in [0.1, 0.15) is 45.9 Å². The summed E-state index contributed by atoms with van der Waals surface area (Å²) < 4.78 is 13.7. The monoisotopic (exact) mass is 343 g/mol. The van der Waals surface area contributed by atoms with E-state index in [2.05, 4.69) is 5.32 Å². The Morgan fingerprint density at radius 3 is 2.84 bits per heavy atom. The number of nitro groups is 1. The molecule has 1 aliphatic carbocycles. The van der Waals surface area contributed by atoms with E-state index in [0.717, 1.165) is 36.1 Å². The smallest absolute Gasteiger partial charge is 0.285 e. The number of nitrogens with one attached hydrogen (secondary N) is 1. The molecule has 3 rings (SSSR count). The highest BCUT2D eigenvalue weighted by molar-refractivity contribution is 5.99. The molecule has 1 unspecified atom stereocenters. The second-order valence-corrected chi connectivity index (χ2v) is 6.25. The number of carbonyl (C=O) groups is 1. The fraction of sp³-hybridized carbons (Fsp3) is 0.278. The molecular formula is C18H18FN3O3. The van der Waals surface area contributed by atoms with Gasteiger partial charge >= 0.3 is 0 Å². The third kappa shape index (κ3) is 3.31. The van der Waals surface area contributed by atoms with Gasteiger partial charge in [-0.15, -0.1) is 0 Å². The van der Waals surface area contributed by atoms with E-state index in [0.29, 0.717) is 12.1 Å². The first kappa shape index (κ1) is 16.9. The number of aryl methyl sites for hydroxylation is 2. The predicted molar refractivity (Wildman–Crippen MR) is 91.8 cm³/mol. The fourth-order valence-electron chi connectivity index (χ4n) is 3.37. The van der Waals surface area contributed by atoms with E-state index >= 15 is 0 Å². The van der Waals surface area contributed by atoms with Gasteiger partial charge in [0, 0.05) is 11.3 Å². The molecule has 0 saturated heterocycles. The molecule has 0 saturated carbocycles. The van der Waals surface area contributed by atoms with Gasteiger partial charge in [0.25, 0.3) is 11.6 Å². The Morgan fingerprint density at radius 1 is 1.36 bits per heavy atom. The number of amides is 1. The quantitative estimate of drug-likeness (QED) is 0.507. The van der Waals surface area contributed by atoms with Crippen molar-refractivity contribution in [3.63, 3.8) is 0 Å². The standard InChI is InChI=1S/C18H18FN3O3/c1-10-7-12(19)9-15(17(10)22(24)25)18(23)21-16-4-2-3-11-8-13(20)5-6-14(11)16/h5-9,16H,2-4,20H2,1H3,(H,21,23). The summed E-state index contributed by atoms with van der Waals surface area (Å²) in [6, 6.07) is 7.18. The van der Waals surface area contributed by atoms with Gasteiger partial charge in [-0.25, -0.2) is 4.39 Å². The second kappa shape index (κ2) is 6.51. The minimum absolute atomic E-state index is 0.118. The van der Waals surface area contributed by atoms with Gasteiger partial charge < -0.3 is 11.1 Å². The lowest BCUT2D eigenvalue weighted by Crippen LogP contribution is -2.31. The molecule has 0 radical (unpaired) electrons. The van der Waals surface area contributed by atoms with E-state index < -0.39 is 16.6 Å². The van der Waals surface area contributed by atoms with Crippen molar-refractivity contribution in [1.29, 1.82) is 0 Å². The van der Waals surface area contributed by atoms with Crippen molar-refractivity contribution in [2.24, 2.45) is 0 Å². The van der Waals surface area contributed by atoms with Crippen LogP contribution in [0, 0.1) is 22.9 Å². The van der Waals surface area contributed by atoms with Crippen molar-refractivity contribution in [2.45, 2.75) is 32.2 Å². The molecule has 0 aliphatic heterocycles. The lowest BCUT2D eigenvalue weighted by atomic mass is 9.87. The average molecular weight is 343 g/mol. The van der Waals surface area contributed by atoms with Crippen LogP contribution in [0.5, 0.6) is 0 Å². The van der Waals surface area contributed by atoms with Gasteiger partial charge in [0.15, 0.2) is 0 Å². The summed E-state index contributed by atoms with van der Waals surface area (Å²) in [6.45, 7) is 1.41. The number of anilines is 1. The highest BCUT2D eigenvalue weighted by Gasteiger charge is 2.28. The maximum Gasteiger partial charge on any atom is 0.285 e. The topological polar surface area (TPSA) is 98.3 Å². The first-order valence-electron chi connectivity index (χ1n) is 8.00. The number of halogens is 1. The number of rotatable bonds is 3. The van der Waals surface area contributed by atoms with Gasteiger partial charge in [-0.05, 0) is 61.6 Å². The summed E-state index contributed by atoms with van der Waals surface area (Å²) in [4.78, 5) is 23.2. The zero-order chi connectivity index (χ0) is 18.1. The number of nitrogens with two attached hydrogens (primary N) is 1. The molecule has 0 fully saturated rings. The fourth-order valence-corrected chi connectivity index (χ4v) is 3.37. The van der Waals surface area contributed by atoms with Gasteiger partial charge in [0.05, 0.1) is 11.0 Å². The number of hydrogen-bond acceptors (Lipinski definition) is 4. The molecule has 1 atom stereocenters. The summed E-state index contributed by atoms with van der Waals surface area (Å²) >= 11 is 0. The van der Waals surface area contributed by atoms with E-state index in [9.17, 15) is 19.3 Å². The SMILES string of the molecule is Cc1cc(F)cc(C(=O)NC2CCCc3cc(N)ccc32)c1[N+](=O)[O-]. The summed E-state index contributed by atoms with van der Waals surface area (Å²) in [6.07, 6.45) is 2.45. The molecule has 0 aromatic heterocycles. The van der Waals surface area contributed by atoms with Crippen LogP contribution in [0.3, 0.4) is 0 Å². The van der Waals surface area contributed by atoms with Crippen LogP contribution < -0.4 is 11.1 Å². The van der Waals surface area contributed by atoms with E-state index in [1.807, 2.05) is 12.1 Å². The molecule has 0 spiro atoms. The summed E-state index contributed by atoms with van der Waals surface area (Å²) in [5.41, 5.74) is 7.95. The molecule has 130 valence electrons. The van der Waals surface area contributed by atoms with Crippen molar-refractivity contribution in [3.05, 3.63) is 68.5 Å². The lowest BCUT2D eigenvalue weighted by Gasteiger charge is -2.26. The molecule has 1 aliphatic rings. The van der Waals surface area contributed by atoms with Crippen LogP contribution in [0.25, 0.3) is 0 Å². The van der Waals surface area contributed by atoms with Crippen molar-refractivity contribution in [2.75, 3.05) is 5.73 Å². The first-order valence-corrected chi connectivity index (χ1v) is 8.00. The van der Waals surface area contributed by atoms with Crippen LogP contribution in [0.15, 0.2) is 30.3 Å². The largest absolute Gasteiger partial charge is 0.399 e. The van der Waals surface area contributed by atoms with Crippen molar-refractivity contribution < 1.29 is 14.1 Å². The van der Waals surface area contributed by atoms with E-state index in [-0.39, 0.29) is 22.9 Å². The van der Waals surface area contributed by atoms with Crippen LogP contribution in [-0.2, 0) is 6.42 Å². The van der Waals surface area contributed by atoms with E-state index in [1.165, 1.54) is 6.92 Å². The third-order valence-electron chi connectivity index (χ3n) is 4.48. The molecule has 1 amide bonds. The Hall–Kier alpha value is -2.96. The molecule has 0 bridgehead atoms. The minimum atomic E-state index is -0.676. The number of fused-ring (bicyclic) bond motifs is 1. The van der Waals surface area contributed by atoms with Crippen molar-refractivity contribution in [3.8, 4) is 0 Å². The summed E-state index contributed by atoms with van der Waals surface area (Å²) in [7, 11) is 0. The highest BCUT2D eigenvalue weighted by atomic mass is 19.1. The number of nitro benzene ring substituents is 1. The van der Waals surface area contributed by atoms with Gasteiger partial charge in [-0.3, -0.25) is 14.9 Å². The number of nitrogen functional groups attached to an aromatic ring is 1. The molecule has 25 heavy (non-hydrogen) atoms. The zero-order valence-electron chi connectivity index (χ0n) is 13.7. The Balaban J connectivity index is 1.93. The van der Waals surface area contributed by atoms with Gasteiger partial charge in [-0.2, -0.15) is 0 Å². The Labute approximate surface area is 144 Å². The van der Waals surface area contributed by atoms with Crippen LogP contribution in [0.4, 0.5) is 15.8 Å². The summed E-state index contributed by atoms with van der Waals surface area (Å²) in [5, 5.41) is 14.1. The average Bonchev–Trinajstić information content (AvgIpc) is 2.53. The molecule has 3 N–H and O–H groups in total. The zero-order valence-corrected chi connectivity index (χ0v) is 13.7. The Kier molecular flexibility index (Phi) is 4.39. The maximum absolute atomic E-state index is 13.7. The van der Waals surface area contributed by atoms with E-state index in [4.69, 9.17) is 5.73 Å². The molecule has 6 nitrogen and oxygen atoms in total. The minimum Gasteiger partial charge on any atom is -0.399 e. The summed E-state index contributed by atoms with van der Waals surface area (Å²) in [5.74, 6) is -1.32. The normalized spacial score (nSPS) is 16.2. The maximum atomic E-state index is 13.7. The van der Waals surface area contributed by atoms with Crippen LogP contribution in [0.2, 0.25) is 0 Å². The Bertz CT molecular complexity index is 867. The Morgan fingerprint density at radius 2 is 2.12 bits per heavy atom. The lowest BCUT2D eigenvalue weighted by molar-refractivity contribution is -0.385. The number of carbonyl (C=O) groups excluding carboxylic acids is 1. The van der Waals surface area contributed by atoms with Crippen LogP contribution in [-0.4, -0.2) is 10.8 Å². The molecule has 2 aromatic carbocycles. The van der Waals surface area contributed by atoms with Gasteiger partial charge in [0.2, 0.25) is 0 Å². The highest BCUT2D eigenvalue weighted by Crippen LogP contribution is 2.32. The molecular weight excluding hydrogens is 325 g/mol. The van der Waals surface area contributed by atoms with Gasteiger partial charge in [-0.1, -0.05) is 6.07 Å². The third-order valence-corrected chi connectivity index (χ3v) is 4.48. The van der Waals surface area contributed by atoms with Crippen molar-refractivity contribution in [1.82, 2.24) is 5.32 Å². The molecule has 0 heterocycles. The number of hydrogen-bond donors (Lipinski definition) is 2. The van der Waals surface area contributed by atoms with E-state index in [1.54, 1.807) is 6.07 Å².